The number of hydrogen-bond donors (Lipinski definition) is 1. The lowest BCUT2D eigenvalue weighted by Gasteiger charge is -2.30. The van der Waals surface area contributed by atoms with Crippen LogP contribution < -0.4 is 4.74 Å². The monoisotopic (exact) mass is 396 g/mol. The number of benzene rings is 1. The molecule has 1 saturated heterocycles. The number of rotatable bonds is 4. The molecule has 2 aromatic rings. The summed E-state index contributed by atoms with van der Waals surface area (Å²) in [7, 11) is 1.39. The molecule has 1 aromatic carbocycles. The van der Waals surface area contributed by atoms with E-state index in [0.29, 0.717) is 5.56 Å². The van der Waals surface area contributed by atoms with Crippen LogP contribution in [0.3, 0.4) is 0 Å². The SMILES string of the molecule is COc1ccc(F)cc1/C(O)=C1\C(=O)C(=O)N(C2CCCC2)C1c1ccncc1. The van der Waals surface area contributed by atoms with Gasteiger partial charge >= 0.3 is 0 Å². The molecule has 1 N–H and O–H groups in total. The Labute approximate surface area is 167 Å². The highest BCUT2D eigenvalue weighted by Crippen LogP contribution is 2.44. The van der Waals surface area contributed by atoms with Crippen LogP contribution in [0.15, 0.2) is 48.3 Å². The Bertz CT molecular complexity index is 984. The number of halogens is 1. The van der Waals surface area contributed by atoms with E-state index in [2.05, 4.69) is 4.98 Å². The summed E-state index contributed by atoms with van der Waals surface area (Å²) in [5.74, 6) is -2.23. The number of likely N-dealkylation sites (tertiary alicyclic amines) is 1. The minimum Gasteiger partial charge on any atom is -0.507 e. The molecule has 1 unspecified atom stereocenters. The quantitative estimate of drug-likeness (QED) is 0.485. The van der Waals surface area contributed by atoms with Crippen LogP contribution in [0.2, 0.25) is 0 Å². The van der Waals surface area contributed by atoms with Crippen molar-refractivity contribution in [3.8, 4) is 5.75 Å². The molecule has 150 valence electrons. The van der Waals surface area contributed by atoms with Gasteiger partial charge in [-0.25, -0.2) is 4.39 Å². The minimum atomic E-state index is -0.775. The van der Waals surface area contributed by atoms with E-state index in [9.17, 15) is 19.1 Å². The van der Waals surface area contributed by atoms with E-state index in [4.69, 9.17) is 4.74 Å². The molecule has 2 fully saturated rings. The van der Waals surface area contributed by atoms with Gasteiger partial charge in [-0.05, 0) is 48.7 Å². The number of amides is 1. The van der Waals surface area contributed by atoms with Crippen LogP contribution >= 0.6 is 0 Å². The Hall–Kier alpha value is -3.22. The van der Waals surface area contributed by atoms with E-state index in [1.807, 2.05) is 0 Å². The minimum absolute atomic E-state index is 0.0379. The zero-order valence-electron chi connectivity index (χ0n) is 16.0. The highest BCUT2D eigenvalue weighted by atomic mass is 19.1. The molecule has 0 spiro atoms. The molecule has 1 aliphatic carbocycles. The molecule has 0 bridgehead atoms. The van der Waals surface area contributed by atoms with Crippen LogP contribution in [0.25, 0.3) is 5.76 Å². The third-order valence-electron chi connectivity index (χ3n) is 5.64. The van der Waals surface area contributed by atoms with Gasteiger partial charge in [0.1, 0.15) is 17.3 Å². The van der Waals surface area contributed by atoms with Gasteiger partial charge in [-0.3, -0.25) is 14.6 Å². The van der Waals surface area contributed by atoms with Crippen molar-refractivity contribution in [1.82, 2.24) is 9.88 Å². The Morgan fingerprint density at radius 1 is 1.17 bits per heavy atom. The lowest BCUT2D eigenvalue weighted by atomic mass is 9.95. The van der Waals surface area contributed by atoms with E-state index < -0.39 is 29.3 Å². The summed E-state index contributed by atoms with van der Waals surface area (Å²) in [6, 6.07) is 6.27. The molecular weight excluding hydrogens is 375 g/mol. The molecule has 1 aromatic heterocycles. The number of ether oxygens (including phenoxy) is 1. The second kappa shape index (κ2) is 7.66. The largest absolute Gasteiger partial charge is 0.507 e. The first-order chi connectivity index (χ1) is 14.0. The van der Waals surface area contributed by atoms with Crippen molar-refractivity contribution in [3.05, 3.63) is 65.2 Å². The number of aromatic nitrogens is 1. The van der Waals surface area contributed by atoms with Gasteiger partial charge in [0.15, 0.2) is 0 Å². The summed E-state index contributed by atoms with van der Waals surface area (Å²) in [6.07, 6.45) is 6.72. The lowest BCUT2D eigenvalue weighted by Crippen LogP contribution is -2.37. The van der Waals surface area contributed by atoms with Crippen LogP contribution in [0, 0.1) is 5.82 Å². The van der Waals surface area contributed by atoms with Crippen LogP contribution in [-0.4, -0.2) is 39.8 Å². The van der Waals surface area contributed by atoms with E-state index >= 15 is 0 Å². The number of hydrogen-bond acceptors (Lipinski definition) is 5. The second-order valence-corrected chi connectivity index (χ2v) is 7.27. The summed E-state index contributed by atoms with van der Waals surface area (Å²) in [5, 5.41) is 11.1. The number of ketones is 1. The van der Waals surface area contributed by atoms with Gasteiger partial charge < -0.3 is 14.7 Å². The van der Waals surface area contributed by atoms with Gasteiger partial charge in [0.2, 0.25) is 0 Å². The topological polar surface area (TPSA) is 79.7 Å². The van der Waals surface area contributed by atoms with E-state index in [1.54, 1.807) is 29.4 Å². The molecular formula is C22H21FN2O4. The third kappa shape index (κ3) is 3.26. The molecule has 1 aliphatic heterocycles. The maximum atomic E-state index is 13.9. The fourth-order valence-corrected chi connectivity index (χ4v) is 4.29. The van der Waals surface area contributed by atoms with Crippen molar-refractivity contribution < 1.29 is 23.8 Å². The van der Waals surface area contributed by atoms with Gasteiger partial charge in [-0.15, -0.1) is 0 Å². The fourth-order valence-electron chi connectivity index (χ4n) is 4.29. The molecule has 7 heteroatoms. The molecule has 1 atom stereocenters. The van der Waals surface area contributed by atoms with Crippen LogP contribution in [0.5, 0.6) is 5.75 Å². The summed E-state index contributed by atoms with van der Waals surface area (Å²) >= 11 is 0. The number of aliphatic hydroxyl groups excluding tert-OH is 1. The average molecular weight is 396 g/mol. The highest BCUT2D eigenvalue weighted by molar-refractivity contribution is 6.46. The predicted molar refractivity (Wildman–Crippen MR) is 104 cm³/mol. The Morgan fingerprint density at radius 2 is 1.86 bits per heavy atom. The number of methoxy groups -OCH3 is 1. The predicted octanol–water partition coefficient (Wildman–Crippen LogP) is 3.59. The number of nitrogens with zero attached hydrogens (tertiary/aromatic N) is 2. The first kappa shape index (κ1) is 19.1. The molecule has 0 radical (unpaired) electrons. The maximum Gasteiger partial charge on any atom is 0.295 e. The zero-order valence-corrected chi connectivity index (χ0v) is 16.0. The maximum absolute atomic E-state index is 13.9. The van der Waals surface area contributed by atoms with Crippen LogP contribution in [0.1, 0.15) is 42.9 Å². The van der Waals surface area contributed by atoms with Crippen LogP contribution in [0.4, 0.5) is 4.39 Å². The summed E-state index contributed by atoms with van der Waals surface area (Å²) in [4.78, 5) is 31.5. The first-order valence-electron chi connectivity index (χ1n) is 9.57. The third-order valence-corrected chi connectivity index (χ3v) is 5.64. The normalized spacial score (nSPS) is 21.7. The molecule has 6 nitrogen and oxygen atoms in total. The molecule has 1 saturated carbocycles. The molecule has 2 heterocycles. The molecule has 1 amide bonds. The van der Waals surface area contributed by atoms with Crippen molar-refractivity contribution in [2.24, 2.45) is 0 Å². The van der Waals surface area contributed by atoms with Gasteiger partial charge in [0, 0.05) is 18.4 Å². The zero-order chi connectivity index (χ0) is 20.5. The molecule has 29 heavy (non-hydrogen) atoms. The smallest absolute Gasteiger partial charge is 0.295 e. The standard InChI is InChI=1S/C22H21FN2O4/c1-29-17-7-6-14(23)12-16(17)20(26)18-19(13-8-10-24-11-9-13)25(22(28)21(18)27)15-4-2-3-5-15/h6-12,15,19,26H,2-5H2,1H3/b20-18+. The molecule has 2 aliphatic rings. The molecule has 4 rings (SSSR count). The van der Waals surface area contributed by atoms with Gasteiger partial charge in [0.25, 0.3) is 11.7 Å². The van der Waals surface area contributed by atoms with Crippen molar-refractivity contribution in [2.45, 2.75) is 37.8 Å². The van der Waals surface area contributed by atoms with Gasteiger partial charge in [-0.1, -0.05) is 12.8 Å². The van der Waals surface area contributed by atoms with Crippen molar-refractivity contribution in [3.63, 3.8) is 0 Å². The van der Waals surface area contributed by atoms with Crippen molar-refractivity contribution in [2.75, 3.05) is 7.11 Å². The number of pyridine rings is 1. The van der Waals surface area contributed by atoms with E-state index in [0.717, 1.165) is 31.7 Å². The Morgan fingerprint density at radius 3 is 2.52 bits per heavy atom. The van der Waals surface area contributed by atoms with E-state index in [-0.39, 0.29) is 22.9 Å². The van der Waals surface area contributed by atoms with Crippen LogP contribution in [-0.2, 0) is 9.59 Å². The number of carbonyl (C=O) groups is 2. The number of aliphatic hydroxyl groups is 1. The fraction of sp³-hybridized carbons (Fsp3) is 0.318. The average Bonchev–Trinajstić information content (AvgIpc) is 3.35. The van der Waals surface area contributed by atoms with Crippen molar-refractivity contribution in [1.29, 1.82) is 0 Å². The summed E-state index contributed by atoms with van der Waals surface area (Å²) in [6.45, 7) is 0. The van der Waals surface area contributed by atoms with Crippen molar-refractivity contribution >= 4 is 17.4 Å². The Kier molecular flexibility index (Phi) is 5.05. The van der Waals surface area contributed by atoms with E-state index in [1.165, 1.54) is 19.2 Å². The summed E-state index contributed by atoms with van der Waals surface area (Å²) in [5.41, 5.74) is 0.649. The summed E-state index contributed by atoms with van der Waals surface area (Å²) < 4.78 is 19.1. The van der Waals surface area contributed by atoms with Gasteiger partial charge in [0.05, 0.1) is 24.3 Å². The second-order valence-electron chi connectivity index (χ2n) is 7.27. The number of Topliss-reactive ketones (excluding diaryl/α,β-unsaturated/α-hetero) is 1. The Balaban J connectivity index is 1.92. The highest BCUT2D eigenvalue weighted by Gasteiger charge is 2.49. The lowest BCUT2D eigenvalue weighted by molar-refractivity contribution is -0.141. The van der Waals surface area contributed by atoms with Gasteiger partial charge in [-0.2, -0.15) is 0 Å². The number of carbonyl (C=O) groups excluding carboxylic acids is 2. The first-order valence-corrected chi connectivity index (χ1v) is 9.57.